The Kier molecular flexibility index (Phi) is 6.50. The van der Waals surface area contributed by atoms with Gasteiger partial charge in [-0.15, -0.1) is 22.7 Å². The number of nitrogens with one attached hydrogen (secondary N) is 1. The number of carbonyl (C=O) groups excluding carboxylic acids is 2. The van der Waals surface area contributed by atoms with Crippen molar-refractivity contribution < 1.29 is 22.7 Å². The van der Waals surface area contributed by atoms with Crippen LogP contribution in [0.1, 0.15) is 28.4 Å². The number of Topliss-reactive ketones (excluding diaryl/α,β-unsaturated/α-hetero) is 1. The van der Waals surface area contributed by atoms with Crippen LogP contribution in [0, 0.1) is 12.8 Å². The average molecular weight is 402 g/mol. The molecule has 0 aliphatic rings. The largest absolute Gasteiger partial charge is 0.456 e. The average Bonchev–Trinajstić information content (AvgIpc) is 3.21. The number of thiophene rings is 2. The van der Waals surface area contributed by atoms with E-state index in [4.69, 9.17) is 4.74 Å². The number of hydrogen-bond acceptors (Lipinski definition) is 7. The molecular formula is C16H19NO5S3. The predicted octanol–water partition coefficient (Wildman–Crippen LogP) is 2.85. The van der Waals surface area contributed by atoms with Crippen molar-refractivity contribution in [2.45, 2.75) is 31.0 Å². The normalized spacial score (nSPS) is 13.0. The summed E-state index contributed by atoms with van der Waals surface area (Å²) in [6.07, 6.45) is 0. The Morgan fingerprint density at radius 2 is 1.96 bits per heavy atom. The fourth-order valence-electron chi connectivity index (χ4n) is 1.98. The molecule has 0 amide bonds. The van der Waals surface area contributed by atoms with Crippen molar-refractivity contribution in [2.24, 2.45) is 5.92 Å². The van der Waals surface area contributed by atoms with Gasteiger partial charge in [0.15, 0.2) is 6.61 Å². The van der Waals surface area contributed by atoms with E-state index in [0.717, 1.165) is 16.2 Å². The fourth-order valence-corrected chi connectivity index (χ4v) is 5.11. The molecule has 0 unspecified atom stereocenters. The molecular weight excluding hydrogens is 382 g/mol. The number of hydrogen-bond donors (Lipinski definition) is 1. The number of rotatable bonds is 8. The van der Waals surface area contributed by atoms with Gasteiger partial charge in [0.1, 0.15) is 10.3 Å². The first-order valence-corrected chi connectivity index (χ1v) is 10.7. The second-order valence-electron chi connectivity index (χ2n) is 5.72. The van der Waals surface area contributed by atoms with Crippen LogP contribution in [0.4, 0.5) is 0 Å². The number of sulfonamides is 1. The molecule has 2 aromatic heterocycles. The number of ketones is 1. The summed E-state index contributed by atoms with van der Waals surface area (Å²) in [7, 11) is -3.81. The molecule has 2 aromatic rings. The van der Waals surface area contributed by atoms with E-state index in [2.05, 4.69) is 4.72 Å². The molecule has 0 saturated carbocycles. The molecule has 1 atom stereocenters. The number of carbonyl (C=O) groups is 2. The molecule has 136 valence electrons. The predicted molar refractivity (Wildman–Crippen MR) is 97.6 cm³/mol. The molecule has 0 fully saturated rings. The van der Waals surface area contributed by atoms with Gasteiger partial charge in [0.05, 0.1) is 4.88 Å². The Morgan fingerprint density at radius 3 is 2.48 bits per heavy atom. The summed E-state index contributed by atoms with van der Waals surface area (Å²) in [6.45, 7) is 4.87. The maximum atomic E-state index is 12.3. The molecule has 25 heavy (non-hydrogen) atoms. The Morgan fingerprint density at radius 1 is 1.24 bits per heavy atom. The van der Waals surface area contributed by atoms with Gasteiger partial charge in [-0.3, -0.25) is 9.59 Å². The molecule has 0 aliphatic heterocycles. The monoisotopic (exact) mass is 401 g/mol. The lowest BCUT2D eigenvalue weighted by molar-refractivity contribution is -0.145. The van der Waals surface area contributed by atoms with Crippen LogP contribution in [0.2, 0.25) is 0 Å². The lowest BCUT2D eigenvalue weighted by Crippen LogP contribution is -2.45. The topological polar surface area (TPSA) is 89.5 Å². The van der Waals surface area contributed by atoms with Crippen molar-refractivity contribution in [3.8, 4) is 0 Å². The molecule has 2 heterocycles. The Hall–Kier alpha value is -1.55. The van der Waals surface area contributed by atoms with Crippen LogP contribution in [-0.4, -0.2) is 32.8 Å². The fraction of sp³-hybridized carbons (Fsp3) is 0.375. The molecule has 2 rings (SSSR count). The lowest BCUT2D eigenvalue weighted by Gasteiger charge is -2.20. The van der Waals surface area contributed by atoms with Gasteiger partial charge < -0.3 is 4.74 Å². The van der Waals surface area contributed by atoms with Crippen molar-refractivity contribution in [1.82, 2.24) is 4.72 Å². The SMILES string of the molecule is Cc1ccc(C(=O)COC(=O)[C@H](NS(=O)(=O)c2cccs2)C(C)C)s1. The maximum absolute atomic E-state index is 12.3. The van der Waals surface area contributed by atoms with Gasteiger partial charge in [-0.25, -0.2) is 8.42 Å². The van der Waals surface area contributed by atoms with E-state index in [0.29, 0.717) is 4.88 Å². The minimum absolute atomic E-state index is 0.121. The van der Waals surface area contributed by atoms with Crippen LogP contribution in [-0.2, 0) is 19.6 Å². The number of ether oxygens (including phenoxy) is 1. The third-order valence-electron chi connectivity index (χ3n) is 3.32. The molecule has 0 bridgehead atoms. The van der Waals surface area contributed by atoms with Crippen LogP contribution in [0.3, 0.4) is 0 Å². The third kappa shape index (κ3) is 5.21. The first-order chi connectivity index (χ1) is 11.7. The van der Waals surface area contributed by atoms with Gasteiger partial charge in [-0.1, -0.05) is 19.9 Å². The number of esters is 1. The number of aryl methyl sites for hydroxylation is 1. The third-order valence-corrected chi connectivity index (χ3v) is 7.20. The lowest BCUT2D eigenvalue weighted by atomic mass is 10.1. The van der Waals surface area contributed by atoms with E-state index in [-0.39, 0.29) is 15.9 Å². The highest BCUT2D eigenvalue weighted by Gasteiger charge is 2.30. The Labute approximate surface area is 154 Å². The summed E-state index contributed by atoms with van der Waals surface area (Å²) in [4.78, 5) is 25.8. The van der Waals surface area contributed by atoms with Gasteiger partial charge in [-0.05, 0) is 36.4 Å². The van der Waals surface area contributed by atoms with Crippen LogP contribution in [0.5, 0.6) is 0 Å². The van der Waals surface area contributed by atoms with Crippen LogP contribution in [0.25, 0.3) is 0 Å². The second-order valence-corrected chi connectivity index (χ2v) is 9.89. The van der Waals surface area contributed by atoms with Crippen LogP contribution in [0.15, 0.2) is 33.9 Å². The molecule has 1 N–H and O–H groups in total. The highest BCUT2D eigenvalue weighted by atomic mass is 32.2. The van der Waals surface area contributed by atoms with E-state index in [9.17, 15) is 18.0 Å². The molecule has 0 aromatic carbocycles. The van der Waals surface area contributed by atoms with E-state index in [1.165, 1.54) is 17.4 Å². The summed E-state index contributed by atoms with van der Waals surface area (Å²) in [5.74, 6) is -1.41. The summed E-state index contributed by atoms with van der Waals surface area (Å²) in [6, 6.07) is 5.49. The molecule has 6 nitrogen and oxygen atoms in total. The Bertz CT molecular complexity index is 837. The second kappa shape index (κ2) is 8.22. The van der Waals surface area contributed by atoms with E-state index in [1.807, 2.05) is 13.0 Å². The molecule has 0 saturated heterocycles. The zero-order valence-electron chi connectivity index (χ0n) is 14.0. The minimum atomic E-state index is -3.81. The van der Waals surface area contributed by atoms with Crippen LogP contribution >= 0.6 is 22.7 Å². The first kappa shape index (κ1) is 19.8. The standard InChI is InChI=1S/C16H19NO5S3/c1-10(2)15(17-25(20,21)14-5-4-8-23-14)16(19)22-9-12(18)13-7-6-11(3)24-13/h4-8,10,15,17H,9H2,1-3H3/t15-/m1/s1. The van der Waals surface area contributed by atoms with Crippen molar-refractivity contribution in [3.05, 3.63) is 39.4 Å². The quantitative estimate of drug-likeness (QED) is 0.543. The molecule has 0 aliphatic carbocycles. The van der Waals surface area contributed by atoms with E-state index < -0.39 is 28.6 Å². The molecule has 9 heteroatoms. The van der Waals surface area contributed by atoms with Crippen molar-refractivity contribution in [1.29, 1.82) is 0 Å². The van der Waals surface area contributed by atoms with Gasteiger partial charge in [0.2, 0.25) is 5.78 Å². The van der Waals surface area contributed by atoms with Gasteiger partial charge in [0, 0.05) is 4.88 Å². The van der Waals surface area contributed by atoms with Crippen molar-refractivity contribution in [2.75, 3.05) is 6.61 Å². The summed E-state index contributed by atoms with van der Waals surface area (Å²) < 4.78 is 32.1. The summed E-state index contributed by atoms with van der Waals surface area (Å²) in [5, 5.41) is 1.64. The zero-order valence-corrected chi connectivity index (χ0v) is 16.5. The van der Waals surface area contributed by atoms with Gasteiger partial charge in [-0.2, -0.15) is 4.72 Å². The van der Waals surface area contributed by atoms with E-state index >= 15 is 0 Å². The van der Waals surface area contributed by atoms with E-state index in [1.54, 1.807) is 31.4 Å². The summed E-state index contributed by atoms with van der Waals surface area (Å²) in [5.41, 5.74) is 0. The van der Waals surface area contributed by atoms with Crippen molar-refractivity contribution in [3.63, 3.8) is 0 Å². The van der Waals surface area contributed by atoms with Crippen molar-refractivity contribution >= 4 is 44.4 Å². The highest BCUT2D eigenvalue weighted by Crippen LogP contribution is 2.18. The Balaban J connectivity index is 2.02. The summed E-state index contributed by atoms with van der Waals surface area (Å²) >= 11 is 2.38. The zero-order chi connectivity index (χ0) is 18.6. The van der Waals surface area contributed by atoms with Gasteiger partial charge in [0.25, 0.3) is 10.0 Å². The molecule has 0 radical (unpaired) electrons. The first-order valence-electron chi connectivity index (χ1n) is 7.53. The highest BCUT2D eigenvalue weighted by molar-refractivity contribution is 7.91. The van der Waals surface area contributed by atoms with Crippen LogP contribution < -0.4 is 4.72 Å². The molecule has 0 spiro atoms. The van der Waals surface area contributed by atoms with Gasteiger partial charge >= 0.3 is 5.97 Å². The maximum Gasteiger partial charge on any atom is 0.324 e. The minimum Gasteiger partial charge on any atom is -0.456 e. The smallest absolute Gasteiger partial charge is 0.324 e.